The number of carbonyl (C=O) groups excluding carboxylic acids is 1. The molecule has 2 atom stereocenters. The van der Waals surface area contributed by atoms with Gasteiger partial charge in [-0.15, -0.1) is 5.73 Å². The molecule has 0 spiro atoms. The van der Waals surface area contributed by atoms with Crippen molar-refractivity contribution in [2.24, 2.45) is 5.92 Å². The summed E-state index contributed by atoms with van der Waals surface area (Å²) in [7, 11) is 0. The third kappa shape index (κ3) is 6.22. The maximum absolute atomic E-state index is 12.7. The number of amides is 1. The van der Waals surface area contributed by atoms with Gasteiger partial charge in [0, 0.05) is 13.1 Å². The Labute approximate surface area is 173 Å². The molecule has 5 heteroatoms. The standard InChI is InChI=1S/C23H31ClN2O2/c1-16(27)14-25-9-3-6-17-7-8-22(24)21(13-17)23(28)26-15-20-11-18-4-2-5-19(10-18)12-20/h7-8,13,16,18,25,27H,2-6,9-11,14-15H2,1H3,(H,26,28)/t16-,18?/m0/s1. The molecule has 0 saturated heterocycles. The highest BCUT2D eigenvalue weighted by Gasteiger charge is 2.22. The molecule has 1 amide bonds. The van der Waals surface area contributed by atoms with Crippen LogP contribution in [0.4, 0.5) is 0 Å². The number of benzene rings is 1. The van der Waals surface area contributed by atoms with E-state index in [0.717, 1.165) is 43.7 Å². The number of aliphatic hydroxyl groups excluding tert-OH is 1. The van der Waals surface area contributed by atoms with Gasteiger partial charge in [-0.25, -0.2) is 0 Å². The van der Waals surface area contributed by atoms with Crippen LogP contribution < -0.4 is 10.6 Å². The molecule has 1 aromatic carbocycles. The molecule has 2 bridgehead atoms. The third-order valence-corrected chi connectivity index (χ3v) is 5.84. The summed E-state index contributed by atoms with van der Waals surface area (Å²) >= 11 is 6.28. The number of hydrogen-bond acceptors (Lipinski definition) is 3. The van der Waals surface area contributed by atoms with Gasteiger partial charge in [-0.3, -0.25) is 4.79 Å². The molecular formula is C23H31ClN2O2. The van der Waals surface area contributed by atoms with Crippen molar-refractivity contribution in [1.82, 2.24) is 10.6 Å². The second kappa shape index (κ2) is 10.3. The van der Waals surface area contributed by atoms with Gasteiger partial charge in [-0.2, -0.15) is 0 Å². The highest BCUT2D eigenvalue weighted by molar-refractivity contribution is 6.33. The van der Waals surface area contributed by atoms with E-state index in [9.17, 15) is 9.90 Å². The van der Waals surface area contributed by atoms with E-state index in [2.05, 4.69) is 16.4 Å². The van der Waals surface area contributed by atoms with Crippen molar-refractivity contribution >= 4 is 17.5 Å². The summed E-state index contributed by atoms with van der Waals surface area (Å²) in [6.07, 6.45) is 7.45. The fraction of sp³-hybridized carbons (Fsp3) is 0.565. The van der Waals surface area contributed by atoms with Crippen molar-refractivity contribution in [3.8, 4) is 0 Å². The number of halogens is 1. The molecule has 1 aromatic rings. The van der Waals surface area contributed by atoms with Crippen LogP contribution in [0.25, 0.3) is 0 Å². The first-order chi connectivity index (χ1) is 13.5. The van der Waals surface area contributed by atoms with E-state index in [1.54, 1.807) is 13.0 Å². The summed E-state index contributed by atoms with van der Waals surface area (Å²) in [4.78, 5) is 12.7. The smallest absolute Gasteiger partial charge is 0.253 e. The topological polar surface area (TPSA) is 61.4 Å². The van der Waals surface area contributed by atoms with Gasteiger partial charge in [0.2, 0.25) is 0 Å². The van der Waals surface area contributed by atoms with Gasteiger partial charge in [-0.05, 0) is 93.2 Å². The number of fused-ring (bicyclic) bond motifs is 2. The number of rotatable bonds is 9. The fourth-order valence-electron chi connectivity index (χ4n) is 4.12. The second-order valence-corrected chi connectivity index (χ2v) is 8.56. The third-order valence-electron chi connectivity index (χ3n) is 5.51. The van der Waals surface area contributed by atoms with E-state index >= 15 is 0 Å². The van der Waals surface area contributed by atoms with Crippen LogP contribution in [0, 0.1) is 5.92 Å². The minimum absolute atomic E-state index is 0.117. The van der Waals surface area contributed by atoms with E-state index in [1.165, 1.54) is 30.4 Å². The lowest BCUT2D eigenvalue weighted by molar-refractivity contribution is 0.0956. The largest absolute Gasteiger partial charge is 0.392 e. The Morgan fingerprint density at radius 1 is 1.39 bits per heavy atom. The molecule has 1 saturated carbocycles. The SMILES string of the molecule is C[C@H](O)CNCCCc1ccc(Cl)c(C(=O)NCC2=C=C3CCCC(C3)C2)c1. The van der Waals surface area contributed by atoms with Gasteiger partial charge in [0.1, 0.15) is 0 Å². The Balaban J connectivity index is 1.53. The van der Waals surface area contributed by atoms with Crippen LogP contribution >= 0.6 is 11.6 Å². The van der Waals surface area contributed by atoms with Crippen molar-refractivity contribution in [2.75, 3.05) is 19.6 Å². The first-order valence-corrected chi connectivity index (χ1v) is 10.8. The molecule has 0 heterocycles. The second-order valence-electron chi connectivity index (χ2n) is 8.15. The van der Waals surface area contributed by atoms with Gasteiger partial charge in [-0.1, -0.05) is 17.7 Å². The quantitative estimate of drug-likeness (QED) is 0.432. The number of hydrogen-bond donors (Lipinski definition) is 3. The molecule has 28 heavy (non-hydrogen) atoms. The lowest BCUT2D eigenvalue weighted by atomic mass is 9.78. The monoisotopic (exact) mass is 402 g/mol. The van der Waals surface area contributed by atoms with E-state index in [0.29, 0.717) is 23.7 Å². The number of carbonyl (C=O) groups is 1. The minimum Gasteiger partial charge on any atom is -0.392 e. The first kappa shape index (κ1) is 21.1. The average molecular weight is 403 g/mol. The Morgan fingerprint density at radius 3 is 3.04 bits per heavy atom. The lowest BCUT2D eigenvalue weighted by Gasteiger charge is -2.27. The Morgan fingerprint density at radius 2 is 2.25 bits per heavy atom. The van der Waals surface area contributed by atoms with Crippen molar-refractivity contribution in [2.45, 2.75) is 58.0 Å². The molecule has 0 aromatic heterocycles. The summed E-state index contributed by atoms with van der Waals surface area (Å²) in [5.41, 5.74) is 7.81. The molecule has 2 aliphatic rings. The van der Waals surface area contributed by atoms with Gasteiger partial charge < -0.3 is 15.7 Å². The van der Waals surface area contributed by atoms with Crippen molar-refractivity contribution in [3.05, 3.63) is 51.2 Å². The molecule has 3 rings (SSSR count). The number of aliphatic hydroxyl groups is 1. The molecule has 0 aliphatic heterocycles. The van der Waals surface area contributed by atoms with Crippen molar-refractivity contribution in [3.63, 3.8) is 0 Å². The van der Waals surface area contributed by atoms with Crippen LogP contribution in [0.3, 0.4) is 0 Å². The fourth-order valence-corrected chi connectivity index (χ4v) is 4.33. The minimum atomic E-state index is -0.333. The molecule has 3 N–H and O–H groups in total. The zero-order valence-corrected chi connectivity index (χ0v) is 17.4. The highest BCUT2D eigenvalue weighted by atomic mass is 35.5. The molecule has 152 valence electrons. The average Bonchev–Trinajstić information content (AvgIpc) is 2.66. The molecule has 2 aliphatic carbocycles. The summed E-state index contributed by atoms with van der Waals surface area (Å²) in [5.74, 6) is 0.625. The molecular weight excluding hydrogens is 372 g/mol. The van der Waals surface area contributed by atoms with Gasteiger partial charge >= 0.3 is 0 Å². The Bertz CT molecular complexity index is 766. The Kier molecular flexibility index (Phi) is 7.75. The van der Waals surface area contributed by atoms with Crippen molar-refractivity contribution in [1.29, 1.82) is 0 Å². The van der Waals surface area contributed by atoms with E-state index in [-0.39, 0.29) is 12.0 Å². The number of nitrogens with one attached hydrogen (secondary N) is 2. The van der Waals surface area contributed by atoms with E-state index in [1.807, 2.05) is 12.1 Å². The van der Waals surface area contributed by atoms with Crippen LogP contribution in [0.2, 0.25) is 5.02 Å². The van der Waals surface area contributed by atoms with Crippen LogP contribution in [0.5, 0.6) is 0 Å². The van der Waals surface area contributed by atoms with Gasteiger partial charge in [0.25, 0.3) is 5.91 Å². The van der Waals surface area contributed by atoms with Crippen LogP contribution in [-0.4, -0.2) is 36.8 Å². The zero-order chi connectivity index (χ0) is 19.9. The number of aryl methyl sites for hydroxylation is 1. The molecule has 4 nitrogen and oxygen atoms in total. The highest BCUT2D eigenvalue weighted by Crippen LogP contribution is 2.35. The van der Waals surface area contributed by atoms with Crippen molar-refractivity contribution < 1.29 is 9.90 Å². The lowest BCUT2D eigenvalue weighted by Crippen LogP contribution is -2.27. The molecule has 1 unspecified atom stereocenters. The van der Waals surface area contributed by atoms with E-state index in [4.69, 9.17) is 11.6 Å². The van der Waals surface area contributed by atoms with Crippen LogP contribution in [0.1, 0.15) is 61.4 Å². The Hall–Kier alpha value is -1.58. The first-order valence-electron chi connectivity index (χ1n) is 10.4. The van der Waals surface area contributed by atoms with Crippen LogP contribution in [-0.2, 0) is 6.42 Å². The summed E-state index contributed by atoms with van der Waals surface area (Å²) in [6, 6.07) is 5.68. The maximum atomic E-state index is 12.7. The normalized spacial score (nSPS) is 19.6. The predicted octanol–water partition coefficient (Wildman–Crippen LogP) is 4.02. The summed E-state index contributed by atoms with van der Waals surface area (Å²) < 4.78 is 0. The predicted molar refractivity (Wildman–Crippen MR) is 114 cm³/mol. The maximum Gasteiger partial charge on any atom is 0.253 e. The zero-order valence-electron chi connectivity index (χ0n) is 16.7. The molecule has 1 fully saturated rings. The summed E-state index contributed by atoms with van der Waals surface area (Å²) in [6.45, 7) is 3.76. The summed E-state index contributed by atoms with van der Waals surface area (Å²) in [5, 5.41) is 16.0. The van der Waals surface area contributed by atoms with Gasteiger partial charge in [0.05, 0.1) is 16.7 Å². The molecule has 0 radical (unpaired) electrons. The van der Waals surface area contributed by atoms with Crippen LogP contribution in [0.15, 0.2) is 35.1 Å². The van der Waals surface area contributed by atoms with Gasteiger partial charge in [0.15, 0.2) is 0 Å². The van der Waals surface area contributed by atoms with E-state index < -0.39 is 0 Å².